The van der Waals surface area contributed by atoms with Crippen molar-refractivity contribution in [3.63, 3.8) is 0 Å². The summed E-state index contributed by atoms with van der Waals surface area (Å²) in [5.74, 6) is 0.464. The molecule has 0 radical (unpaired) electrons. The molecule has 2 aromatic heterocycles. The molecule has 21 heavy (non-hydrogen) atoms. The Balaban J connectivity index is 2.09. The minimum absolute atomic E-state index is 0.407. The summed E-state index contributed by atoms with van der Waals surface area (Å²) in [6, 6.07) is 10.9. The molecule has 1 aromatic carbocycles. The van der Waals surface area contributed by atoms with E-state index in [0.29, 0.717) is 16.4 Å². The van der Waals surface area contributed by atoms with E-state index in [0.717, 1.165) is 16.9 Å². The van der Waals surface area contributed by atoms with Crippen LogP contribution in [0.4, 0.5) is 5.82 Å². The molecule has 102 valence electrons. The van der Waals surface area contributed by atoms with E-state index in [1.807, 2.05) is 22.8 Å². The van der Waals surface area contributed by atoms with Crippen molar-refractivity contribution in [3.8, 4) is 23.0 Å². The van der Waals surface area contributed by atoms with Crippen LogP contribution < -0.4 is 5.73 Å². The average Bonchev–Trinajstić information content (AvgIpc) is 2.97. The predicted molar refractivity (Wildman–Crippen MR) is 80.9 cm³/mol. The number of nitrogens with two attached hydrogens (primary N) is 1. The number of aromatic nitrogens is 3. The molecule has 6 heteroatoms. The molecule has 0 unspecified atom stereocenters. The van der Waals surface area contributed by atoms with Gasteiger partial charge in [-0.25, -0.2) is 9.97 Å². The molecule has 0 atom stereocenters. The van der Waals surface area contributed by atoms with Gasteiger partial charge in [-0.1, -0.05) is 11.6 Å². The Morgan fingerprint density at radius 3 is 2.71 bits per heavy atom. The van der Waals surface area contributed by atoms with Gasteiger partial charge < -0.3 is 5.73 Å². The quantitative estimate of drug-likeness (QED) is 0.788. The van der Waals surface area contributed by atoms with Gasteiger partial charge >= 0.3 is 0 Å². The van der Waals surface area contributed by atoms with Gasteiger partial charge in [0.1, 0.15) is 11.9 Å². The normalized spacial score (nSPS) is 10.3. The first-order valence-electron chi connectivity index (χ1n) is 6.13. The molecule has 0 aliphatic carbocycles. The molecule has 5 nitrogen and oxygen atoms in total. The minimum Gasteiger partial charge on any atom is -0.384 e. The van der Waals surface area contributed by atoms with Crippen LogP contribution in [0.25, 0.3) is 16.9 Å². The van der Waals surface area contributed by atoms with Crippen LogP contribution in [-0.4, -0.2) is 14.5 Å². The molecule has 3 rings (SSSR count). The third-order valence-corrected chi connectivity index (χ3v) is 3.38. The third kappa shape index (κ3) is 2.45. The fourth-order valence-electron chi connectivity index (χ4n) is 2.02. The molecule has 2 heterocycles. The Labute approximate surface area is 126 Å². The zero-order valence-corrected chi connectivity index (χ0v) is 11.6. The van der Waals surface area contributed by atoms with Gasteiger partial charge in [0.05, 0.1) is 28.8 Å². The van der Waals surface area contributed by atoms with E-state index in [4.69, 9.17) is 22.6 Å². The number of hydrogen-bond donors (Lipinski definition) is 1. The summed E-state index contributed by atoms with van der Waals surface area (Å²) in [6.07, 6.45) is 5.11. The lowest BCUT2D eigenvalue weighted by molar-refractivity contribution is 1.06. The molecule has 0 bridgehead atoms. The van der Waals surface area contributed by atoms with Gasteiger partial charge in [-0.05, 0) is 30.3 Å². The van der Waals surface area contributed by atoms with Crippen molar-refractivity contribution >= 4 is 17.4 Å². The highest BCUT2D eigenvalue weighted by Gasteiger charge is 2.09. The summed E-state index contributed by atoms with van der Waals surface area (Å²) in [4.78, 5) is 8.25. The number of halogens is 1. The van der Waals surface area contributed by atoms with Crippen LogP contribution in [0.15, 0.2) is 49.1 Å². The molecule has 0 aliphatic heterocycles. The van der Waals surface area contributed by atoms with Gasteiger partial charge in [0.25, 0.3) is 0 Å². The molecule has 0 amide bonds. The molecule has 2 N–H and O–H groups in total. The van der Waals surface area contributed by atoms with E-state index in [2.05, 4.69) is 9.97 Å². The Hall–Kier alpha value is -2.84. The van der Waals surface area contributed by atoms with Crippen LogP contribution in [0.5, 0.6) is 0 Å². The average molecular weight is 296 g/mol. The number of rotatable bonds is 2. The zero-order valence-electron chi connectivity index (χ0n) is 10.9. The highest BCUT2D eigenvalue weighted by atomic mass is 35.5. The van der Waals surface area contributed by atoms with E-state index >= 15 is 0 Å². The zero-order chi connectivity index (χ0) is 14.8. The number of nitriles is 1. The van der Waals surface area contributed by atoms with Crippen LogP contribution in [-0.2, 0) is 0 Å². The van der Waals surface area contributed by atoms with Gasteiger partial charge in [0.2, 0.25) is 0 Å². The SMILES string of the molecule is N#Cc1ccc(-n2cncc2-c2ccc(N)nc2)cc1Cl. The fourth-order valence-corrected chi connectivity index (χ4v) is 2.23. The van der Waals surface area contributed by atoms with Gasteiger partial charge in [-0.15, -0.1) is 0 Å². The highest BCUT2D eigenvalue weighted by Crippen LogP contribution is 2.25. The topological polar surface area (TPSA) is 80.5 Å². The number of hydrogen-bond acceptors (Lipinski definition) is 4. The summed E-state index contributed by atoms with van der Waals surface area (Å²) < 4.78 is 1.88. The predicted octanol–water partition coefficient (Wildman–Crippen LogP) is 3.04. The summed E-state index contributed by atoms with van der Waals surface area (Å²) in [5, 5.41) is 9.33. The standard InChI is InChI=1S/C15H10ClN5/c16-13-5-12(3-1-10(13)6-17)21-9-19-8-14(21)11-2-4-15(18)20-7-11/h1-5,7-9H,(H2,18,20). The molecule has 0 aliphatic rings. The van der Waals surface area contributed by atoms with Gasteiger partial charge in [-0.2, -0.15) is 5.26 Å². The monoisotopic (exact) mass is 295 g/mol. The smallest absolute Gasteiger partial charge is 0.123 e. The third-order valence-electron chi connectivity index (χ3n) is 3.07. The molecule has 0 saturated heterocycles. The molecule has 0 spiro atoms. The Bertz CT molecular complexity index is 830. The fraction of sp³-hybridized carbons (Fsp3) is 0. The first kappa shape index (κ1) is 13.2. The van der Waals surface area contributed by atoms with E-state index in [-0.39, 0.29) is 0 Å². The number of imidazole rings is 1. The number of benzene rings is 1. The highest BCUT2D eigenvalue weighted by molar-refractivity contribution is 6.31. The Morgan fingerprint density at radius 1 is 1.19 bits per heavy atom. The Kier molecular flexibility index (Phi) is 3.30. The maximum Gasteiger partial charge on any atom is 0.123 e. The molecule has 3 aromatic rings. The lowest BCUT2D eigenvalue weighted by Gasteiger charge is -2.09. The molecule has 0 saturated carbocycles. The van der Waals surface area contributed by atoms with E-state index in [1.54, 1.807) is 36.9 Å². The van der Waals surface area contributed by atoms with Crippen molar-refractivity contribution in [2.24, 2.45) is 0 Å². The first-order valence-corrected chi connectivity index (χ1v) is 6.51. The second-order valence-corrected chi connectivity index (χ2v) is 4.80. The van der Waals surface area contributed by atoms with Crippen LogP contribution in [0.3, 0.4) is 0 Å². The van der Waals surface area contributed by atoms with E-state index < -0.39 is 0 Å². The van der Waals surface area contributed by atoms with Crippen LogP contribution in [0, 0.1) is 11.3 Å². The maximum absolute atomic E-state index is 8.92. The molecular formula is C15H10ClN5. The second-order valence-electron chi connectivity index (χ2n) is 4.40. The molecular weight excluding hydrogens is 286 g/mol. The van der Waals surface area contributed by atoms with Gasteiger partial charge in [0, 0.05) is 17.4 Å². The summed E-state index contributed by atoms with van der Waals surface area (Å²) >= 11 is 6.08. The number of nitrogens with zero attached hydrogens (tertiary/aromatic N) is 4. The van der Waals surface area contributed by atoms with E-state index in [1.165, 1.54) is 0 Å². The number of pyridine rings is 1. The summed E-state index contributed by atoms with van der Waals surface area (Å²) in [5.41, 5.74) is 8.62. The van der Waals surface area contributed by atoms with Crippen LogP contribution >= 0.6 is 11.6 Å². The maximum atomic E-state index is 8.92. The van der Waals surface area contributed by atoms with E-state index in [9.17, 15) is 0 Å². The van der Waals surface area contributed by atoms with Crippen molar-refractivity contribution in [3.05, 3.63) is 59.6 Å². The lowest BCUT2D eigenvalue weighted by Crippen LogP contribution is -1.97. The van der Waals surface area contributed by atoms with Crippen molar-refractivity contribution < 1.29 is 0 Å². The second kappa shape index (κ2) is 5.27. The van der Waals surface area contributed by atoms with Gasteiger partial charge in [-0.3, -0.25) is 4.57 Å². The summed E-state index contributed by atoms with van der Waals surface area (Å²) in [7, 11) is 0. The number of nitrogen functional groups attached to an aromatic ring is 1. The first-order chi connectivity index (χ1) is 10.2. The van der Waals surface area contributed by atoms with Gasteiger partial charge in [0.15, 0.2) is 0 Å². The van der Waals surface area contributed by atoms with Crippen molar-refractivity contribution in [1.29, 1.82) is 5.26 Å². The lowest BCUT2D eigenvalue weighted by atomic mass is 10.2. The summed E-state index contributed by atoms with van der Waals surface area (Å²) in [6.45, 7) is 0. The Morgan fingerprint density at radius 2 is 2.05 bits per heavy atom. The largest absolute Gasteiger partial charge is 0.384 e. The van der Waals surface area contributed by atoms with Crippen molar-refractivity contribution in [2.45, 2.75) is 0 Å². The van der Waals surface area contributed by atoms with Crippen molar-refractivity contribution in [1.82, 2.24) is 14.5 Å². The molecule has 0 fully saturated rings. The minimum atomic E-state index is 0.407. The number of anilines is 1. The van der Waals surface area contributed by atoms with Crippen molar-refractivity contribution in [2.75, 3.05) is 5.73 Å². The van der Waals surface area contributed by atoms with Crippen LogP contribution in [0.1, 0.15) is 5.56 Å². The van der Waals surface area contributed by atoms with Crippen LogP contribution in [0.2, 0.25) is 5.02 Å².